The van der Waals surface area contributed by atoms with Crippen LogP contribution in [0.4, 0.5) is 5.69 Å². The van der Waals surface area contributed by atoms with Gasteiger partial charge in [0, 0.05) is 60.9 Å². The monoisotopic (exact) mass is 528 g/mol. The van der Waals surface area contributed by atoms with E-state index in [0.29, 0.717) is 34.3 Å². The Kier molecular flexibility index (Phi) is 8.19. The van der Waals surface area contributed by atoms with Crippen LogP contribution in [-0.4, -0.2) is 75.7 Å². The summed E-state index contributed by atoms with van der Waals surface area (Å²) in [7, 11) is -1.17. The molecule has 0 atom stereocenters. The lowest BCUT2D eigenvalue weighted by atomic mass is 10.1. The molecule has 0 aliphatic carbocycles. The van der Waals surface area contributed by atoms with Gasteiger partial charge in [0.25, 0.3) is 0 Å². The van der Waals surface area contributed by atoms with E-state index in [4.69, 9.17) is 22.0 Å². The number of thiophene rings is 1. The molecule has 6 nitrogen and oxygen atoms in total. The molecule has 4 rings (SSSR count). The molecule has 1 aliphatic heterocycles. The van der Waals surface area contributed by atoms with Crippen LogP contribution in [0.5, 0.6) is 0 Å². The lowest BCUT2D eigenvalue weighted by molar-refractivity contribution is 0.170. The van der Waals surface area contributed by atoms with E-state index in [9.17, 15) is 8.42 Å². The third-order valence-electron chi connectivity index (χ3n) is 5.94. The maximum Gasteiger partial charge on any atom is 0.175 e. The number of rotatable bonds is 8. The number of halogens is 1. The Morgan fingerprint density at radius 1 is 1.06 bits per heavy atom. The van der Waals surface area contributed by atoms with Gasteiger partial charge in [-0.05, 0) is 49.0 Å². The van der Waals surface area contributed by atoms with Crippen molar-refractivity contribution in [2.75, 3.05) is 46.0 Å². The first kappa shape index (κ1) is 25.7. The zero-order valence-corrected chi connectivity index (χ0v) is 22.3. The number of likely N-dealkylation sites (N-methyl/N-ethyl adjacent to an activating group) is 1. The van der Waals surface area contributed by atoms with Crippen LogP contribution in [0, 0.1) is 5.41 Å². The number of nitrogens with one attached hydrogen (secondary N) is 1. The minimum Gasteiger partial charge on any atom is -0.308 e. The number of para-hydroxylation sites is 1. The predicted octanol–water partition coefficient (Wildman–Crippen LogP) is 5.25. The molecule has 1 saturated heterocycles. The molecular formula is C26H29ClN4O2S2. The van der Waals surface area contributed by atoms with Crippen molar-refractivity contribution in [3.05, 3.63) is 70.6 Å². The fourth-order valence-corrected chi connectivity index (χ4v) is 5.77. The van der Waals surface area contributed by atoms with Crippen molar-refractivity contribution in [2.24, 2.45) is 4.99 Å². The van der Waals surface area contributed by atoms with E-state index in [2.05, 4.69) is 16.8 Å². The second kappa shape index (κ2) is 11.1. The first-order chi connectivity index (χ1) is 16.7. The lowest BCUT2D eigenvalue weighted by Crippen LogP contribution is -2.46. The minimum atomic E-state index is -3.29. The minimum absolute atomic E-state index is 0.295. The molecule has 9 heteroatoms. The van der Waals surface area contributed by atoms with Crippen molar-refractivity contribution in [1.82, 2.24) is 9.80 Å². The van der Waals surface area contributed by atoms with E-state index in [0.717, 1.165) is 47.2 Å². The van der Waals surface area contributed by atoms with Gasteiger partial charge in [-0.1, -0.05) is 35.9 Å². The number of benzene rings is 2. The van der Waals surface area contributed by atoms with Gasteiger partial charge in [0.1, 0.15) is 0 Å². The molecule has 1 fully saturated rings. The van der Waals surface area contributed by atoms with Crippen LogP contribution in [-0.2, 0) is 9.84 Å². The van der Waals surface area contributed by atoms with E-state index in [1.807, 2.05) is 42.5 Å². The van der Waals surface area contributed by atoms with Gasteiger partial charge in [-0.2, -0.15) is 0 Å². The first-order valence-electron chi connectivity index (χ1n) is 11.4. The van der Waals surface area contributed by atoms with E-state index in [-0.39, 0.29) is 0 Å². The molecule has 0 spiro atoms. The van der Waals surface area contributed by atoms with Gasteiger partial charge < -0.3 is 10.3 Å². The van der Waals surface area contributed by atoms with Crippen LogP contribution in [0.25, 0.3) is 10.4 Å². The molecule has 0 saturated carbocycles. The lowest BCUT2D eigenvalue weighted by Gasteiger charge is -2.32. The maximum absolute atomic E-state index is 12.0. The Bertz CT molecular complexity index is 1340. The highest BCUT2D eigenvalue weighted by Gasteiger charge is 2.18. The summed E-state index contributed by atoms with van der Waals surface area (Å²) in [6.07, 6.45) is 1.63. The summed E-state index contributed by atoms with van der Waals surface area (Å²) in [5.41, 5.74) is 2.90. The Morgan fingerprint density at radius 2 is 1.80 bits per heavy atom. The largest absolute Gasteiger partial charge is 0.308 e. The normalized spacial score (nSPS) is 15.9. The molecule has 1 aliphatic rings. The summed E-state index contributed by atoms with van der Waals surface area (Å²) < 4.78 is 24.0. The quantitative estimate of drug-likeness (QED) is 0.405. The number of piperazine rings is 1. The smallest absolute Gasteiger partial charge is 0.175 e. The molecule has 1 N–H and O–H groups in total. The van der Waals surface area contributed by atoms with E-state index >= 15 is 0 Å². The molecule has 3 aromatic rings. The Morgan fingerprint density at radius 3 is 2.51 bits per heavy atom. The Labute approximate surface area is 216 Å². The van der Waals surface area contributed by atoms with Gasteiger partial charge in [-0.3, -0.25) is 9.89 Å². The van der Waals surface area contributed by atoms with Crippen molar-refractivity contribution in [3.63, 3.8) is 0 Å². The molecule has 0 unspecified atom stereocenters. The van der Waals surface area contributed by atoms with Crippen LogP contribution >= 0.6 is 22.9 Å². The molecule has 0 amide bonds. The zero-order chi connectivity index (χ0) is 25.0. The van der Waals surface area contributed by atoms with Crippen LogP contribution in [0.2, 0.25) is 5.02 Å². The topological polar surface area (TPSA) is 76.8 Å². The van der Waals surface area contributed by atoms with Gasteiger partial charge in [0.2, 0.25) is 0 Å². The number of sulfone groups is 1. The summed E-state index contributed by atoms with van der Waals surface area (Å²) in [6, 6.07) is 18.4. The molecule has 184 valence electrons. The summed E-state index contributed by atoms with van der Waals surface area (Å²) in [4.78, 5) is 11.7. The second-order valence-electron chi connectivity index (χ2n) is 8.83. The average molecular weight is 529 g/mol. The van der Waals surface area contributed by atoms with Gasteiger partial charge >= 0.3 is 0 Å². The van der Waals surface area contributed by atoms with E-state index in [1.165, 1.54) is 6.26 Å². The Balaban J connectivity index is 1.62. The Hall–Kier alpha value is -2.36. The van der Waals surface area contributed by atoms with Crippen LogP contribution in [0.1, 0.15) is 11.3 Å². The van der Waals surface area contributed by atoms with Crippen molar-refractivity contribution in [3.8, 4) is 10.4 Å². The number of nitrogens with zero attached hydrogens (tertiary/aromatic N) is 3. The van der Waals surface area contributed by atoms with Crippen molar-refractivity contribution < 1.29 is 8.42 Å². The molecule has 2 heterocycles. The fourth-order valence-electron chi connectivity index (χ4n) is 3.93. The average Bonchev–Trinajstić information content (AvgIpc) is 3.31. The van der Waals surface area contributed by atoms with E-state index in [1.54, 1.807) is 29.5 Å². The third kappa shape index (κ3) is 6.86. The highest BCUT2D eigenvalue weighted by molar-refractivity contribution is 7.90. The van der Waals surface area contributed by atoms with Crippen LogP contribution < -0.4 is 0 Å². The maximum atomic E-state index is 12.0. The molecule has 0 bridgehead atoms. The second-order valence-corrected chi connectivity index (χ2v) is 12.3. The molecular weight excluding hydrogens is 500 g/mol. The van der Waals surface area contributed by atoms with Crippen molar-refractivity contribution in [2.45, 2.75) is 11.3 Å². The first-order valence-corrected chi connectivity index (χ1v) is 14.5. The summed E-state index contributed by atoms with van der Waals surface area (Å²) in [6.45, 7) is 4.54. The highest BCUT2D eigenvalue weighted by atomic mass is 35.5. The SMILES string of the molecule is CN1CCN(CC(=N)CC(=Nc2ccccc2Cl)c2ccc(-c3cccc(S(C)(=O)=O)c3)s2)CC1. The predicted molar refractivity (Wildman–Crippen MR) is 147 cm³/mol. The summed E-state index contributed by atoms with van der Waals surface area (Å²) in [5, 5.41) is 9.27. The molecule has 0 radical (unpaired) electrons. The van der Waals surface area contributed by atoms with E-state index < -0.39 is 9.84 Å². The fraction of sp³-hybridized carbons (Fsp3) is 0.308. The van der Waals surface area contributed by atoms with Gasteiger partial charge in [-0.15, -0.1) is 11.3 Å². The molecule has 35 heavy (non-hydrogen) atoms. The van der Waals surface area contributed by atoms with Crippen molar-refractivity contribution >= 4 is 49.9 Å². The number of aliphatic imine (C=N–C) groups is 1. The van der Waals surface area contributed by atoms with Gasteiger partial charge in [0.05, 0.1) is 21.3 Å². The summed E-state index contributed by atoms with van der Waals surface area (Å²) in [5.74, 6) is 0. The van der Waals surface area contributed by atoms with Crippen LogP contribution in [0.3, 0.4) is 0 Å². The zero-order valence-electron chi connectivity index (χ0n) is 19.9. The molecule has 1 aromatic heterocycles. The van der Waals surface area contributed by atoms with Gasteiger partial charge in [-0.25, -0.2) is 8.42 Å². The summed E-state index contributed by atoms with van der Waals surface area (Å²) >= 11 is 7.94. The van der Waals surface area contributed by atoms with Crippen molar-refractivity contribution in [1.29, 1.82) is 5.41 Å². The third-order valence-corrected chi connectivity index (χ3v) is 8.55. The number of hydrogen-bond acceptors (Lipinski definition) is 7. The molecule has 2 aromatic carbocycles. The van der Waals surface area contributed by atoms with Crippen LogP contribution in [0.15, 0.2) is 70.6 Å². The standard InChI is InChI=1S/C26H29ClN4O2S2/c1-30-12-14-31(15-13-30)18-20(28)17-24(29-23-9-4-3-8-22(23)27)26-11-10-25(34-26)19-6-5-7-21(16-19)35(2,32)33/h3-11,16,28H,12-15,17-18H2,1-2H3. The number of hydrogen-bond donors (Lipinski definition) is 1. The van der Waals surface area contributed by atoms with Gasteiger partial charge in [0.15, 0.2) is 9.84 Å². The highest BCUT2D eigenvalue weighted by Crippen LogP contribution is 2.32.